The van der Waals surface area contributed by atoms with Crippen LogP contribution in [0.4, 0.5) is 5.69 Å². The van der Waals surface area contributed by atoms with Crippen LogP contribution in [-0.4, -0.2) is 22.9 Å². The van der Waals surface area contributed by atoms with E-state index in [0.717, 1.165) is 17.7 Å². The van der Waals surface area contributed by atoms with E-state index in [9.17, 15) is 4.79 Å². The van der Waals surface area contributed by atoms with Crippen LogP contribution in [0.5, 0.6) is 0 Å². The maximum absolute atomic E-state index is 11.5. The molecule has 0 radical (unpaired) electrons. The average molecular weight is 249 g/mol. The molecule has 4 heteroatoms. The molecule has 0 fully saturated rings. The molecular weight excluding hydrogens is 226 g/mol. The summed E-state index contributed by atoms with van der Waals surface area (Å²) in [6.07, 6.45) is 0.725. The van der Waals surface area contributed by atoms with Crippen LogP contribution < -0.4 is 11.5 Å². The van der Waals surface area contributed by atoms with E-state index < -0.39 is 0 Å². The molecule has 1 amide bonds. The molecule has 18 heavy (non-hydrogen) atoms. The number of nitrogen functional groups attached to an aromatic ring is 1. The smallest absolute Gasteiger partial charge is 0.234 e. The maximum Gasteiger partial charge on any atom is 0.234 e. The molecule has 0 aliphatic carbocycles. The summed E-state index contributed by atoms with van der Waals surface area (Å²) in [6, 6.07) is 7.76. The summed E-state index contributed by atoms with van der Waals surface area (Å²) in [7, 11) is 0. The minimum Gasteiger partial charge on any atom is -0.399 e. The molecule has 4 N–H and O–H groups in total. The van der Waals surface area contributed by atoms with Crippen LogP contribution >= 0.6 is 0 Å². The minimum atomic E-state index is -0.262. The molecule has 1 aromatic carbocycles. The normalized spacial score (nSPS) is 12.9. The maximum atomic E-state index is 11.5. The van der Waals surface area contributed by atoms with Crippen molar-refractivity contribution in [2.24, 2.45) is 5.73 Å². The number of nitrogens with two attached hydrogens (primary N) is 2. The SMILES string of the molecule is CCC(C(N)=O)N(Cc1ccc(N)cc1)C(C)C. The first-order valence-electron chi connectivity index (χ1n) is 6.35. The molecule has 1 atom stereocenters. The molecule has 0 aliphatic rings. The Kier molecular flexibility index (Phi) is 5.16. The first-order chi connectivity index (χ1) is 8.45. The predicted molar refractivity (Wildman–Crippen MR) is 74.8 cm³/mol. The van der Waals surface area contributed by atoms with Gasteiger partial charge in [0, 0.05) is 18.3 Å². The lowest BCUT2D eigenvalue weighted by atomic mass is 10.1. The quantitative estimate of drug-likeness (QED) is 0.754. The van der Waals surface area contributed by atoms with Crippen LogP contribution in [0.3, 0.4) is 0 Å². The van der Waals surface area contributed by atoms with Crippen LogP contribution in [0.1, 0.15) is 32.8 Å². The summed E-state index contributed by atoms with van der Waals surface area (Å²) in [5, 5.41) is 0. The highest BCUT2D eigenvalue weighted by atomic mass is 16.1. The summed E-state index contributed by atoms with van der Waals surface area (Å²) >= 11 is 0. The Morgan fingerprint density at radius 3 is 2.22 bits per heavy atom. The number of hydrogen-bond acceptors (Lipinski definition) is 3. The van der Waals surface area contributed by atoms with Gasteiger partial charge >= 0.3 is 0 Å². The van der Waals surface area contributed by atoms with E-state index >= 15 is 0 Å². The summed E-state index contributed by atoms with van der Waals surface area (Å²) in [6.45, 7) is 6.83. The van der Waals surface area contributed by atoms with Gasteiger partial charge in [0.15, 0.2) is 0 Å². The number of carbonyl (C=O) groups is 1. The highest BCUT2D eigenvalue weighted by Crippen LogP contribution is 2.15. The second-order valence-corrected chi connectivity index (χ2v) is 4.83. The minimum absolute atomic E-state index is 0.220. The zero-order chi connectivity index (χ0) is 13.7. The van der Waals surface area contributed by atoms with E-state index in [-0.39, 0.29) is 18.0 Å². The number of nitrogens with zero attached hydrogens (tertiary/aromatic N) is 1. The lowest BCUT2D eigenvalue weighted by molar-refractivity contribution is -0.124. The number of anilines is 1. The Morgan fingerprint density at radius 2 is 1.83 bits per heavy atom. The van der Waals surface area contributed by atoms with Crippen molar-refractivity contribution in [3.05, 3.63) is 29.8 Å². The van der Waals surface area contributed by atoms with Gasteiger partial charge in [0.2, 0.25) is 5.91 Å². The summed E-state index contributed by atoms with van der Waals surface area (Å²) in [5.41, 5.74) is 13.0. The van der Waals surface area contributed by atoms with E-state index in [2.05, 4.69) is 18.7 Å². The lowest BCUT2D eigenvalue weighted by Gasteiger charge is -2.32. The number of amides is 1. The van der Waals surface area contributed by atoms with Gasteiger partial charge in [-0.15, -0.1) is 0 Å². The number of rotatable bonds is 6. The molecule has 0 aromatic heterocycles. The Balaban J connectivity index is 2.86. The molecule has 0 heterocycles. The zero-order valence-electron chi connectivity index (χ0n) is 11.4. The summed E-state index contributed by atoms with van der Waals surface area (Å²) in [4.78, 5) is 13.6. The van der Waals surface area contributed by atoms with Gasteiger partial charge in [0.05, 0.1) is 6.04 Å². The molecule has 0 aliphatic heterocycles. The van der Waals surface area contributed by atoms with E-state index in [4.69, 9.17) is 11.5 Å². The van der Waals surface area contributed by atoms with E-state index in [1.165, 1.54) is 0 Å². The number of primary amides is 1. The molecule has 0 spiro atoms. The van der Waals surface area contributed by atoms with Gasteiger partial charge in [-0.1, -0.05) is 19.1 Å². The number of carbonyl (C=O) groups excluding carboxylic acids is 1. The van der Waals surface area contributed by atoms with Crippen LogP contribution in [-0.2, 0) is 11.3 Å². The second kappa shape index (κ2) is 6.40. The molecule has 0 saturated carbocycles. The van der Waals surface area contributed by atoms with E-state index in [0.29, 0.717) is 6.54 Å². The van der Waals surface area contributed by atoms with Crippen molar-refractivity contribution in [2.75, 3.05) is 5.73 Å². The third kappa shape index (κ3) is 3.74. The first kappa shape index (κ1) is 14.5. The molecule has 1 rings (SSSR count). The topological polar surface area (TPSA) is 72.4 Å². The van der Waals surface area contributed by atoms with Gasteiger partial charge in [-0.2, -0.15) is 0 Å². The molecule has 0 bridgehead atoms. The van der Waals surface area contributed by atoms with Gasteiger partial charge in [-0.3, -0.25) is 9.69 Å². The fraction of sp³-hybridized carbons (Fsp3) is 0.500. The highest BCUT2D eigenvalue weighted by Gasteiger charge is 2.24. The van der Waals surface area contributed by atoms with Crippen LogP contribution in [0.25, 0.3) is 0 Å². The molecule has 1 unspecified atom stereocenters. The van der Waals surface area contributed by atoms with Gasteiger partial charge in [0.25, 0.3) is 0 Å². The number of hydrogen-bond donors (Lipinski definition) is 2. The Morgan fingerprint density at radius 1 is 1.28 bits per heavy atom. The predicted octanol–water partition coefficient (Wildman–Crippen LogP) is 1.74. The van der Waals surface area contributed by atoms with Gasteiger partial charge in [0.1, 0.15) is 0 Å². The van der Waals surface area contributed by atoms with E-state index in [1.807, 2.05) is 31.2 Å². The van der Waals surface area contributed by atoms with Crippen LogP contribution in [0.2, 0.25) is 0 Å². The Hall–Kier alpha value is -1.55. The van der Waals surface area contributed by atoms with Gasteiger partial charge < -0.3 is 11.5 Å². The van der Waals surface area contributed by atoms with Crippen molar-refractivity contribution >= 4 is 11.6 Å². The molecule has 100 valence electrons. The monoisotopic (exact) mass is 249 g/mol. The molecule has 4 nitrogen and oxygen atoms in total. The van der Waals surface area contributed by atoms with Crippen LogP contribution in [0, 0.1) is 0 Å². The Labute approximate surface area is 109 Å². The fourth-order valence-corrected chi connectivity index (χ4v) is 2.09. The molecule has 0 saturated heterocycles. The first-order valence-corrected chi connectivity index (χ1v) is 6.35. The van der Waals surface area contributed by atoms with Crippen LogP contribution in [0.15, 0.2) is 24.3 Å². The lowest BCUT2D eigenvalue weighted by Crippen LogP contribution is -2.47. The van der Waals surface area contributed by atoms with Crippen molar-refractivity contribution in [1.29, 1.82) is 0 Å². The third-order valence-corrected chi connectivity index (χ3v) is 3.12. The molecule has 1 aromatic rings. The number of benzene rings is 1. The zero-order valence-corrected chi connectivity index (χ0v) is 11.4. The van der Waals surface area contributed by atoms with E-state index in [1.54, 1.807) is 0 Å². The Bertz CT molecular complexity index is 387. The van der Waals surface area contributed by atoms with Crippen molar-refractivity contribution < 1.29 is 4.79 Å². The average Bonchev–Trinajstić information content (AvgIpc) is 2.30. The third-order valence-electron chi connectivity index (χ3n) is 3.12. The molecular formula is C14H23N3O. The van der Waals surface area contributed by atoms with Gasteiger partial charge in [-0.25, -0.2) is 0 Å². The van der Waals surface area contributed by atoms with Crippen molar-refractivity contribution in [3.63, 3.8) is 0 Å². The van der Waals surface area contributed by atoms with Crippen molar-refractivity contribution in [2.45, 2.75) is 45.8 Å². The van der Waals surface area contributed by atoms with Crippen molar-refractivity contribution in [3.8, 4) is 0 Å². The summed E-state index contributed by atoms with van der Waals surface area (Å²) in [5.74, 6) is -0.262. The largest absolute Gasteiger partial charge is 0.399 e. The standard InChI is InChI=1S/C14H23N3O/c1-4-13(14(16)18)17(10(2)3)9-11-5-7-12(15)8-6-11/h5-8,10,13H,4,9,15H2,1-3H3,(H2,16,18). The fourth-order valence-electron chi connectivity index (χ4n) is 2.09. The van der Waals surface area contributed by atoms with Gasteiger partial charge in [-0.05, 0) is 38.0 Å². The van der Waals surface area contributed by atoms with Crippen molar-refractivity contribution in [1.82, 2.24) is 4.90 Å². The highest BCUT2D eigenvalue weighted by molar-refractivity contribution is 5.79. The summed E-state index contributed by atoms with van der Waals surface area (Å²) < 4.78 is 0. The second-order valence-electron chi connectivity index (χ2n) is 4.83.